The fourth-order valence-corrected chi connectivity index (χ4v) is 4.55. The van der Waals surface area contributed by atoms with Crippen molar-refractivity contribution in [1.82, 2.24) is 5.32 Å². The van der Waals surface area contributed by atoms with Crippen molar-refractivity contribution in [2.75, 3.05) is 0 Å². The minimum atomic E-state index is 0.535. The summed E-state index contributed by atoms with van der Waals surface area (Å²) in [7, 11) is 0. The zero-order valence-electron chi connectivity index (χ0n) is 13.8. The van der Waals surface area contributed by atoms with Crippen molar-refractivity contribution in [2.24, 2.45) is 5.41 Å². The van der Waals surface area contributed by atoms with Gasteiger partial charge in [-0.2, -0.15) is 0 Å². The van der Waals surface area contributed by atoms with Gasteiger partial charge in [0.05, 0.1) is 0 Å². The van der Waals surface area contributed by atoms with Crippen LogP contribution in [0.3, 0.4) is 0 Å². The minimum absolute atomic E-state index is 0.535. The van der Waals surface area contributed by atoms with Gasteiger partial charge in [0.1, 0.15) is 0 Å². The van der Waals surface area contributed by atoms with Crippen LogP contribution in [0.4, 0.5) is 0 Å². The van der Waals surface area contributed by atoms with Gasteiger partial charge in [-0.05, 0) is 62.8 Å². The zero-order valence-corrected chi connectivity index (χ0v) is 13.8. The number of aryl methyl sites for hydroxylation is 1. The molecule has 1 nitrogen and oxygen atoms in total. The summed E-state index contributed by atoms with van der Waals surface area (Å²) in [4.78, 5) is 0. The van der Waals surface area contributed by atoms with E-state index in [2.05, 4.69) is 43.4 Å². The highest BCUT2D eigenvalue weighted by molar-refractivity contribution is 5.24. The van der Waals surface area contributed by atoms with Crippen LogP contribution in [0.25, 0.3) is 0 Å². The Hall–Kier alpha value is -0.820. The molecular formula is C20H31N. The first kappa shape index (κ1) is 15.1. The lowest BCUT2D eigenvalue weighted by atomic mass is 9.71. The first-order valence-electron chi connectivity index (χ1n) is 9.03. The Kier molecular flexibility index (Phi) is 4.69. The fourth-order valence-electron chi connectivity index (χ4n) is 4.55. The van der Waals surface area contributed by atoms with Crippen LogP contribution in [-0.2, 0) is 0 Å². The third-order valence-corrected chi connectivity index (χ3v) is 6.04. The second-order valence-electron chi connectivity index (χ2n) is 7.52. The van der Waals surface area contributed by atoms with Gasteiger partial charge in [-0.1, -0.05) is 49.6 Å². The van der Waals surface area contributed by atoms with Crippen LogP contribution >= 0.6 is 0 Å². The lowest BCUT2D eigenvalue weighted by molar-refractivity contribution is 0.162. The monoisotopic (exact) mass is 285 g/mol. The van der Waals surface area contributed by atoms with E-state index >= 15 is 0 Å². The van der Waals surface area contributed by atoms with Crippen LogP contribution in [0, 0.1) is 12.3 Å². The van der Waals surface area contributed by atoms with E-state index in [-0.39, 0.29) is 0 Å². The van der Waals surface area contributed by atoms with E-state index in [1.54, 1.807) is 0 Å². The van der Waals surface area contributed by atoms with Gasteiger partial charge in [0.2, 0.25) is 0 Å². The predicted octanol–water partition coefficient (Wildman–Crippen LogP) is 5.54. The molecule has 1 atom stereocenters. The smallest absolute Gasteiger partial charge is 0.0320 e. The van der Waals surface area contributed by atoms with Crippen LogP contribution in [0.2, 0.25) is 0 Å². The Morgan fingerprint density at radius 3 is 2.24 bits per heavy atom. The molecule has 116 valence electrons. The molecule has 0 bridgehead atoms. The first-order valence-corrected chi connectivity index (χ1v) is 9.03. The Labute approximate surface area is 130 Å². The van der Waals surface area contributed by atoms with Crippen molar-refractivity contribution in [1.29, 1.82) is 0 Å². The Bertz CT molecular complexity index is 431. The van der Waals surface area contributed by atoms with Crippen molar-refractivity contribution in [3.05, 3.63) is 35.4 Å². The molecule has 0 radical (unpaired) electrons. The summed E-state index contributed by atoms with van der Waals surface area (Å²) in [5.41, 5.74) is 3.57. The molecule has 3 rings (SSSR count). The average molecular weight is 285 g/mol. The van der Waals surface area contributed by atoms with Gasteiger partial charge < -0.3 is 5.32 Å². The van der Waals surface area contributed by atoms with Gasteiger partial charge in [0, 0.05) is 12.1 Å². The Balaban J connectivity index is 1.56. The maximum atomic E-state index is 3.95. The molecule has 0 heterocycles. The summed E-state index contributed by atoms with van der Waals surface area (Å²) in [5.74, 6) is 0. The van der Waals surface area contributed by atoms with Crippen molar-refractivity contribution in [3.8, 4) is 0 Å². The summed E-state index contributed by atoms with van der Waals surface area (Å²) >= 11 is 0. The van der Waals surface area contributed by atoms with Crippen molar-refractivity contribution >= 4 is 0 Å². The van der Waals surface area contributed by atoms with Crippen molar-refractivity contribution in [3.63, 3.8) is 0 Å². The number of hydrogen-bond donors (Lipinski definition) is 1. The second-order valence-corrected chi connectivity index (χ2v) is 7.52. The maximum absolute atomic E-state index is 3.95. The molecular weight excluding hydrogens is 254 g/mol. The van der Waals surface area contributed by atoms with Gasteiger partial charge in [-0.3, -0.25) is 0 Å². The lowest BCUT2D eigenvalue weighted by Crippen LogP contribution is -2.38. The fraction of sp³-hybridized carbons (Fsp3) is 0.700. The molecule has 1 N–H and O–H groups in total. The molecule has 1 aromatic rings. The number of benzene rings is 1. The molecule has 0 aliphatic heterocycles. The summed E-state index contributed by atoms with van der Waals surface area (Å²) in [6.07, 6.45) is 12.9. The normalized spacial score (nSPS) is 23.5. The van der Waals surface area contributed by atoms with Gasteiger partial charge in [0.25, 0.3) is 0 Å². The highest BCUT2D eigenvalue weighted by atomic mass is 15.0. The van der Waals surface area contributed by atoms with Crippen LogP contribution in [0.15, 0.2) is 24.3 Å². The highest BCUT2D eigenvalue weighted by Crippen LogP contribution is 2.49. The Morgan fingerprint density at radius 1 is 1.05 bits per heavy atom. The largest absolute Gasteiger partial charge is 0.307 e. The third kappa shape index (κ3) is 3.51. The van der Waals surface area contributed by atoms with Gasteiger partial charge in [0.15, 0.2) is 0 Å². The van der Waals surface area contributed by atoms with Crippen LogP contribution in [-0.4, -0.2) is 6.04 Å². The molecule has 2 aliphatic rings. The van der Waals surface area contributed by atoms with E-state index in [4.69, 9.17) is 0 Å². The maximum Gasteiger partial charge on any atom is 0.0320 e. The van der Waals surface area contributed by atoms with E-state index in [1.807, 2.05) is 0 Å². The minimum Gasteiger partial charge on any atom is -0.307 e. The first-order chi connectivity index (χ1) is 10.2. The number of hydrogen-bond acceptors (Lipinski definition) is 1. The zero-order chi connectivity index (χ0) is 14.7. The molecule has 1 aromatic carbocycles. The third-order valence-electron chi connectivity index (χ3n) is 6.04. The van der Waals surface area contributed by atoms with Crippen LogP contribution in [0.1, 0.15) is 81.9 Å². The topological polar surface area (TPSA) is 12.0 Å². The summed E-state index contributed by atoms with van der Waals surface area (Å²) in [6.45, 7) is 4.47. The molecule has 2 aliphatic carbocycles. The van der Waals surface area contributed by atoms with E-state index in [0.29, 0.717) is 6.04 Å². The van der Waals surface area contributed by atoms with Gasteiger partial charge in [-0.25, -0.2) is 0 Å². The van der Waals surface area contributed by atoms with Crippen molar-refractivity contribution in [2.45, 2.75) is 83.7 Å². The van der Waals surface area contributed by atoms with E-state index in [9.17, 15) is 0 Å². The molecule has 21 heavy (non-hydrogen) atoms. The van der Waals surface area contributed by atoms with Gasteiger partial charge in [-0.15, -0.1) is 0 Å². The standard InChI is InChI=1S/C20H31N/c1-3-19(17-8-6-16(2)7-9-17)21-18-10-14-20(15-11-18)12-4-5-13-20/h6-9,18-19,21H,3-5,10-15H2,1-2H3. The molecule has 0 amide bonds. The summed E-state index contributed by atoms with van der Waals surface area (Å²) < 4.78 is 0. The van der Waals surface area contributed by atoms with Gasteiger partial charge >= 0.3 is 0 Å². The molecule has 1 unspecified atom stereocenters. The van der Waals surface area contributed by atoms with Crippen LogP contribution in [0.5, 0.6) is 0 Å². The molecule has 1 spiro atoms. The predicted molar refractivity (Wildman–Crippen MR) is 90.5 cm³/mol. The highest BCUT2D eigenvalue weighted by Gasteiger charge is 2.37. The van der Waals surface area contributed by atoms with E-state index in [0.717, 1.165) is 11.5 Å². The molecule has 0 saturated heterocycles. The van der Waals surface area contributed by atoms with E-state index < -0.39 is 0 Å². The molecule has 1 heteroatoms. The number of rotatable bonds is 4. The lowest BCUT2D eigenvalue weighted by Gasteiger charge is -2.39. The quantitative estimate of drug-likeness (QED) is 0.766. The number of nitrogens with one attached hydrogen (secondary N) is 1. The summed E-state index contributed by atoms with van der Waals surface area (Å²) in [5, 5.41) is 3.95. The Morgan fingerprint density at radius 2 is 1.67 bits per heavy atom. The average Bonchev–Trinajstić information content (AvgIpc) is 2.96. The SMILES string of the molecule is CCC(NC1CCC2(CCCC2)CC1)c1ccc(C)cc1. The van der Waals surface area contributed by atoms with Crippen molar-refractivity contribution < 1.29 is 0 Å². The molecule has 0 aromatic heterocycles. The van der Waals surface area contributed by atoms with Crippen LogP contribution < -0.4 is 5.32 Å². The molecule has 2 fully saturated rings. The van der Waals surface area contributed by atoms with E-state index in [1.165, 1.54) is 68.9 Å². The second kappa shape index (κ2) is 6.52. The summed E-state index contributed by atoms with van der Waals surface area (Å²) in [6, 6.07) is 10.4. The molecule has 2 saturated carbocycles.